The van der Waals surface area contributed by atoms with E-state index in [1.54, 1.807) is 19.1 Å². The van der Waals surface area contributed by atoms with Gasteiger partial charge in [-0.05, 0) is 26.0 Å². The van der Waals surface area contributed by atoms with Crippen molar-refractivity contribution in [3.8, 4) is 0 Å². The molecule has 2 rings (SSSR count). The highest BCUT2D eigenvalue weighted by molar-refractivity contribution is 5.94. The molecule has 0 saturated carbocycles. The molecule has 3 N–H and O–H groups in total. The first-order chi connectivity index (χ1) is 10.0. The Morgan fingerprint density at radius 3 is 2.57 bits per heavy atom. The number of anilines is 1. The van der Waals surface area contributed by atoms with Crippen molar-refractivity contribution in [1.82, 2.24) is 15.3 Å². The molecule has 0 radical (unpaired) electrons. The van der Waals surface area contributed by atoms with Crippen LogP contribution in [0, 0.1) is 13.8 Å². The van der Waals surface area contributed by atoms with Gasteiger partial charge in [0.15, 0.2) is 0 Å². The number of H-pyrrole nitrogens is 1. The molecule has 0 aliphatic carbocycles. The number of rotatable bonds is 5. The Morgan fingerprint density at radius 2 is 1.90 bits per heavy atom. The number of hydrogen-bond donors (Lipinski definition) is 3. The molecule has 1 aromatic carbocycles. The van der Waals surface area contributed by atoms with Gasteiger partial charge >= 0.3 is 0 Å². The molecule has 0 atom stereocenters. The maximum absolute atomic E-state index is 11.9. The normalized spacial score (nSPS) is 10.2. The molecule has 0 bridgehead atoms. The maximum atomic E-state index is 11.9. The van der Waals surface area contributed by atoms with Crippen molar-refractivity contribution in [2.75, 3.05) is 18.4 Å². The van der Waals surface area contributed by atoms with Crippen LogP contribution in [0.1, 0.15) is 21.7 Å². The molecule has 1 aromatic heterocycles. The summed E-state index contributed by atoms with van der Waals surface area (Å²) in [6.07, 6.45) is 0. The maximum Gasteiger partial charge on any atom is 0.252 e. The highest BCUT2D eigenvalue weighted by Crippen LogP contribution is 2.02. The number of aryl methyl sites for hydroxylation is 2. The predicted molar refractivity (Wildman–Crippen MR) is 81.6 cm³/mol. The van der Waals surface area contributed by atoms with Crippen molar-refractivity contribution in [2.24, 2.45) is 0 Å². The van der Waals surface area contributed by atoms with Crippen LogP contribution in [0.25, 0.3) is 0 Å². The Labute approximate surface area is 122 Å². The number of aromatic amines is 1. The van der Waals surface area contributed by atoms with Gasteiger partial charge in [-0.3, -0.25) is 9.59 Å². The molecule has 0 fully saturated rings. The summed E-state index contributed by atoms with van der Waals surface area (Å²) in [6, 6.07) is 8.76. The Hall–Kier alpha value is -2.63. The summed E-state index contributed by atoms with van der Waals surface area (Å²) >= 11 is 0. The van der Waals surface area contributed by atoms with Crippen molar-refractivity contribution in [3.63, 3.8) is 0 Å². The number of benzene rings is 1. The number of nitrogens with one attached hydrogen (secondary N) is 3. The third kappa shape index (κ3) is 4.45. The Bertz CT molecular complexity index is 677. The summed E-state index contributed by atoms with van der Waals surface area (Å²) in [4.78, 5) is 29.8. The van der Waals surface area contributed by atoms with Gasteiger partial charge in [0, 0.05) is 24.7 Å². The first-order valence-electron chi connectivity index (χ1n) is 6.71. The fourth-order valence-corrected chi connectivity index (χ4v) is 1.84. The van der Waals surface area contributed by atoms with Crippen LogP contribution in [-0.4, -0.2) is 29.0 Å². The fourth-order valence-electron chi connectivity index (χ4n) is 1.84. The van der Waals surface area contributed by atoms with E-state index >= 15 is 0 Å². The number of carbonyl (C=O) groups excluding carboxylic acids is 1. The number of amides is 1. The van der Waals surface area contributed by atoms with Crippen LogP contribution in [0.15, 0.2) is 35.1 Å². The topological polar surface area (TPSA) is 86.9 Å². The zero-order valence-corrected chi connectivity index (χ0v) is 12.1. The molecular formula is C15H18N4O2. The van der Waals surface area contributed by atoms with Crippen molar-refractivity contribution < 1.29 is 4.79 Å². The van der Waals surface area contributed by atoms with Gasteiger partial charge in [0.1, 0.15) is 11.6 Å². The van der Waals surface area contributed by atoms with Gasteiger partial charge in [-0.1, -0.05) is 17.7 Å². The van der Waals surface area contributed by atoms with E-state index in [9.17, 15) is 9.59 Å². The first-order valence-corrected chi connectivity index (χ1v) is 6.71. The minimum absolute atomic E-state index is 0.119. The third-order valence-corrected chi connectivity index (χ3v) is 2.89. The van der Waals surface area contributed by atoms with E-state index in [1.807, 2.05) is 19.1 Å². The van der Waals surface area contributed by atoms with Crippen molar-refractivity contribution in [3.05, 3.63) is 57.6 Å². The van der Waals surface area contributed by atoms with Crippen molar-refractivity contribution >= 4 is 11.7 Å². The lowest BCUT2D eigenvalue weighted by Gasteiger charge is -2.08. The van der Waals surface area contributed by atoms with Crippen LogP contribution >= 0.6 is 0 Å². The lowest BCUT2D eigenvalue weighted by molar-refractivity contribution is 0.0955. The van der Waals surface area contributed by atoms with Gasteiger partial charge in [0.25, 0.3) is 11.5 Å². The van der Waals surface area contributed by atoms with E-state index < -0.39 is 0 Å². The molecule has 0 saturated heterocycles. The molecule has 1 heterocycles. The summed E-state index contributed by atoms with van der Waals surface area (Å²) in [7, 11) is 0. The average molecular weight is 286 g/mol. The molecule has 6 heteroatoms. The van der Waals surface area contributed by atoms with Crippen molar-refractivity contribution in [2.45, 2.75) is 13.8 Å². The van der Waals surface area contributed by atoms with E-state index in [0.717, 1.165) is 5.56 Å². The summed E-state index contributed by atoms with van der Waals surface area (Å²) < 4.78 is 0. The summed E-state index contributed by atoms with van der Waals surface area (Å²) in [6.45, 7) is 4.63. The highest BCUT2D eigenvalue weighted by Gasteiger charge is 2.04. The van der Waals surface area contributed by atoms with Crippen LogP contribution < -0.4 is 16.2 Å². The molecule has 0 aliphatic rings. The zero-order valence-electron chi connectivity index (χ0n) is 12.1. The molecule has 1 amide bonds. The quantitative estimate of drug-likeness (QED) is 0.721. The number of hydrogen-bond acceptors (Lipinski definition) is 4. The number of aromatic nitrogens is 2. The van der Waals surface area contributed by atoms with E-state index in [-0.39, 0.29) is 11.5 Å². The highest BCUT2D eigenvalue weighted by atomic mass is 16.1. The SMILES string of the molecule is Cc1ccc(C(=O)NCCNc2cc(=O)[nH]c(C)n2)cc1. The van der Waals surface area contributed by atoms with Gasteiger partial charge < -0.3 is 15.6 Å². The molecule has 2 aromatic rings. The second kappa shape index (κ2) is 6.69. The lowest BCUT2D eigenvalue weighted by Crippen LogP contribution is -2.29. The fraction of sp³-hybridized carbons (Fsp3) is 0.267. The molecular weight excluding hydrogens is 268 g/mol. The second-order valence-electron chi connectivity index (χ2n) is 4.76. The first kappa shape index (κ1) is 14.8. The molecule has 110 valence electrons. The number of nitrogens with zero attached hydrogens (tertiary/aromatic N) is 1. The second-order valence-corrected chi connectivity index (χ2v) is 4.76. The minimum atomic E-state index is -0.200. The lowest BCUT2D eigenvalue weighted by atomic mass is 10.1. The van der Waals surface area contributed by atoms with Crippen LogP contribution in [0.5, 0.6) is 0 Å². The van der Waals surface area contributed by atoms with Gasteiger partial charge in [-0.25, -0.2) is 4.98 Å². The van der Waals surface area contributed by atoms with E-state index in [2.05, 4.69) is 20.6 Å². The van der Waals surface area contributed by atoms with Crippen LogP contribution in [0.4, 0.5) is 5.82 Å². The minimum Gasteiger partial charge on any atom is -0.368 e. The molecule has 6 nitrogen and oxygen atoms in total. The van der Waals surface area contributed by atoms with E-state index in [1.165, 1.54) is 6.07 Å². The van der Waals surface area contributed by atoms with Crippen LogP contribution in [0.2, 0.25) is 0 Å². The monoisotopic (exact) mass is 286 g/mol. The van der Waals surface area contributed by atoms with E-state index in [4.69, 9.17) is 0 Å². The largest absolute Gasteiger partial charge is 0.368 e. The Kier molecular flexibility index (Phi) is 4.71. The zero-order chi connectivity index (χ0) is 15.2. The summed E-state index contributed by atoms with van der Waals surface area (Å²) in [5.74, 6) is 0.932. The Morgan fingerprint density at radius 1 is 1.19 bits per heavy atom. The average Bonchev–Trinajstić information content (AvgIpc) is 2.43. The predicted octanol–water partition coefficient (Wildman–Crippen LogP) is 1.23. The number of carbonyl (C=O) groups is 1. The van der Waals surface area contributed by atoms with Crippen LogP contribution in [0.3, 0.4) is 0 Å². The summed E-state index contributed by atoms with van der Waals surface area (Å²) in [5.41, 5.74) is 1.54. The molecule has 21 heavy (non-hydrogen) atoms. The summed E-state index contributed by atoms with van der Waals surface area (Å²) in [5, 5.41) is 5.80. The third-order valence-electron chi connectivity index (χ3n) is 2.89. The van der Waals surface area contributed by atoms with Crippen LogP contribution in [-0.2, 0) is 0 Å². The van der Waals surface area contributed by atoms with E-state index in [0.29, 0.717) is 30.3 Å². The molecule has 0 aliphatic heterocycles. The molecule has 0 spiro atoms. The standard InChI is InChI=1S/C15H18N4O2/c1-10-3-5-12(6-4-10)15(21)17-8-7-16-13-9-14(20)19-11(2)18-13/h3-6,9H,7-8H2,1-2H3,(H,17,21)(H2,16,18,19,20). The molecule has 0 unspecified atom stereocenters. The van der Waals surface area contributed by atoms with Gasteiger partial charge in [-0.15, -0.1) is 0 Å². The van der Waals surface area contributed by atoms with Gasteiger partial charge in [0.05, 0.1) is 0 Å². The van der Waals surface area contributed by atoms with Gasteiger partial charge in [-0.2, -0.15) is 0 Å². The van der Waals surface area contributed by atoms with Gasteiger partial charge in [0.2, 0.25) is 0 Å². The Balaban J connectivity index is 1.80. The van der Waals surface area contributed by atoms with Crippen molar-refractivity contribution in [1.29, 1.82) is 0 Å². The smallest absolute Gasteiger partial charge is 0.252 e.